The van der Waals surface area contributed by atoms with Crippen LogP contribution >= 0.6 is 0 Å². The van der Waals surface area contributed by atoms with E-state index in [-0.39, 0.29) is 11.8 Å². The molecule has 2 aromatic rings. The Balaban J connectivity index is 1.18. The van der Waals surface area contributed by atoms with Crippen LogP contribution < -0.4 is 14.2 Å². The highest BCUT2D eigenvalue weighted by Crippen LogP contribution is 2.48. The first-order valence-electron chi connectivity index (χ1n) is 12.5. The molecule has 0 unspecified atom stereocenters. The average Bonchev–Trinajstić information content (AvgIpc) is 3.46. The highest BCUT2D eigenvalue weighted by molar-refractivity contribution is 5.93. The number of benzene rings is 1. The van der Waals surface area contributed by atoms with Crippen molar-refractivity contribution in [2.75, 3.05) is 33.4 Å². The van der Waals surface area contributed by atoms with Crippen LogP contribution in [-0.4, -0.2) is 49.2 Å². The van der Waals surface area contributed by atoms with Gasteiger partial charge in [-0.15, -0.1) is 0 Å². The van der Waals surface area contributed by atoms with Crippen molar-refractivity contribution < 1.29 is 19.0 Å². The van der Waals surface area contributed by atoms with Crippen molar-refractivity contribution in [1.82, 2.24) is 9.88 Å². The minimum atomic E-state index is -0.0606. The number of allylic oxidation sites excluding steroid dienone is 1. The van der Waals surface area contributed by atoms with E-state index >= 15 is 0 Å². The van der Waals surface area contributed by atoms with E-state index in [4.69, 9.17) is 14.2 Å². The monoisotopic (exact) mass is 462 g/mol. The van der Waals surface area contributed by atoms with Crippen molar-refractivity contribution in [3.8, 4) is 17.2 Å². The fourth-order valence-electron chi connectivity index (χ4n) is 5.60. The number of carbonyl (C=O) groups excluding carboxylic acids is 1. The fraction of sp³-hybridized carbons (Fsp3) is 0.500. The van der Waals surface area contributed by atoms with Gasteiger partial charge in [-0.1, -0.05) is 25.0 Å². The standard InChI is InChI=1S/C28H34N2O4/c1-3-33-23-9-13-29-24(15-23)27(31)30-17-22(18-30)21-6-7-25(26(14-21)32-2)34-19-20-8-12-28(16-20)10-4-5-11-28/h6-7,9,13-16,22H,3-5,8,10-12,17-19H2,1-2H3. The molecule has 1 spiro atoms. The molecule has 6 nitrogen and oxygen atoms in total. The first-order valence-corrected chi connectivity index (χ1v) is 12.5. The maximum atomic E-state index is 12.8. The molecule has 3 aliphatic rings. The van der Waals surface area contributed by atoms with Gasteiger partial charge in [0.2, 0.25) is 0 Å². The Hall–Kier alpha value is -3.02. The lowest BCUT2D eigenvalue weighted by molar-refractivity contribution is 0.0595. The smallest absolute Gasteiger partial charge is 0.272 e. The van der Waals surface area contributed by atoms with Crippen LogP contribution in [0.2, 0.25) is 0 Å². The van der Waals surface area contributed by atoms with E-state index < -0.39 is 0 Å². The van der Waals surface area contributed by atoms with Crippen LogP contribution in [0.15, 0.2) is 48.2 Å². The predicted molar refractivity (Wildman–Crippen MR) is 131 cm³/mol. The molecule has 6 heteroatoms. The van der Waals surface area contributed by atoms with Gasteiger partial charge in [0, 0.05) is 31.3 Å². The topological polar surface area (TPSA) is 60.9 Å². The molecule has 2 heterocycles. The molecule has 2 fully saturated rings. The molecular weight excluding hydrogens is 428 g/mol. The molecule has 1 saturated carbocycles. The summed E-state index contributed by atoms with van der Waals surface area (Å²) in [7, 11) is 1.68. The summed E-state index contributed by atoms with van der Waals surface area (Å²) < 4.78 is 17.3. The van der Waals surface area contributed by atoms with Crippen molar-refractivity contribution in [2.24, 2.45) is 5.41 Å². The summed E-state index contributed by atoms with van der Waals surface area (Å²) in [6.07, 6.45) is 11.9. The van der Waals surface area contributed by atoms with E-state index in [0.29, 0.717) is 43.2 Å². The number of nitrogens with zero attached hydrogens (tertiary/aromatic N) is 2. The van der Waals surface area contributed by atoms with Crippen LogP contribution in [0, 0.1) is 5.41 Å². The molecule has 1 aliphatic heterocycles. The van der Waals surface area contributed by atoms with Gasteiger partial charge >= 0.3 is 0 Å². The predicted octanol–water partition coefficient (Wildman–Crippen LogP) is 5.39. The van der Waals surface area contributed by atoms with Crippen LogP contribution in [-0.2, 0) is 0 Å². The number of carbonyl (C=O) groups is 1. The highest BCUT2D eigenvalue weighted by Gasteiger charge is 2.36. The van der Waals surface area contributed by atoms with Gasteiger partial charge in [0.15, 0.2) is 11.5 Å². The van der Waals surface area contributed by atoms with Crippen LogP contribution in [0.3, 0.4) is 0 Å². The minimum Gasteiger partial charge on any atom is -0.494 e. The lowest BCUT2D eigenvalue weighted by atomic mass is 9.86. The molecule has 1 aromatic heterocycles. The van der Waals surface area contributed by atoms with Crippen molar-refractivity contribution in [3.63, 3.8) is 0 Å². The van der Waals surface area contributed by atoms with Crippen molar-refractivity contribution in [1.29, 1.82) is 0 Å². The van der Waals surface area contributed by atoms with Gasteiger partial charge in [-0.25, -0.2) is 0 Å². The van der Waals surface area contributed by atoms with Crippen LogP contribution in [0.1, 0.15) is 67.4 Å². The van der Waals surface area contributed by atoms with Gasteiger partial charge in [0.05, 0.1) is 13.7 Å². The molecule has 0 bridgehead atoms. The van der Waals surface area contributed by atoms with E-state index in [1.54, 1.807) is 25.4 Å². The number of likely N-dealkylation sites (tertiary alicyclic amines) is 1. The Kier molecular flexibility index (Phi) is 6.48. The summed E-state index contributed by atoms with van der Waals surface area (Å²) in [6, 6.07) is 9.64. The third-order valence-corrected chi connectivity index (χ3v) is 7.56. The minimum absolute atomic E-state index is 0.0606. The van der Waals surface area contributed by atoms with Gasteiger partial charge in [-0.3, -0.25) is 9.78 Å². The molecule has 34 heavy (non-hydrogen) atoms. The molecule has 2 aliphatic carbocycles. The normalized spacial score (nSPS) is 19.1. The molecule has 1 amide bonds. The maximum Gasteiger partial charge on any atom is 0.272 e. The third kappa shape index (κ3) is 4.63. The highest BCUT2D eigenvalue weighted by atomic mass is 16.5. The first kappa shape index (κ1) is 22.8. The van der Waals surface area contributed by atoms with Crippen LogP contribution in [0.5, 0.6) is 17.2 Å². The summed E-state index contributed by atoms with van der Waals surface area (Å²) in [5, 5.41) is 0. The third-order valence-electron chi connectivity index (χ3n) is 7.56. The number of pyridine rings is 1. The van der Waals surface area contributed by atoms with Crippen LogP contribution in [0.4, 0.5) is 0 Å². The average molecular weight is 463 g/mol. The Morgan fingerprint density at radius 2 is 1.91 bits per heavy atom. The summed E-state index contributed by atoms with van der Waals surface area (Å²) in [5.41, 5.74) is 3.46. The van der Waals surface area contributed by atoms with E-state index in [2.05, 4.69) is 23.2 Å². The van der Waals surface area contributed by atoms with Gasteiger partial charge in [-0.2, -0.15) is 0 Å². The lowest BCUT2D eigenvalue weighted by Gasteiger charge is -2.39. The number of amides is 1. The molecule has 0 radical (unpaired) electrons. The number of aromatic nitrogens is 1. The molecule has 0 N–H and O–H groups in total. The first-order chi connectivity index (χ1) is 16.6. The zero-order valence-corrected chi connectivity index (χ0v) is 20.2. The summed E-state index contributed by atoms with van der Waals surface area (Å²) in [5.74, 6) is 2.42. The molecule has 5 rings (SSSR count). The summed E-state index contributed by atoms with van der Waals surface area (Å²) in [6.45, 7) is 4.44. The van der Waals surface area contributed by atoms with Crippen molar-refractivity contribution in [3.05, 3.63) is 59.4 Å². The largest absolute Gasteiger partial charge is 0.494 e. The maximum absolute atomic E-state index is 12.8. The van der Waals surface area contributed by atoms with Crippen molar-refractivity contribution >= 4 is 5.91 Å². The van der Waals surface area contributed by atoms with Gasteiger partial charge in [0.25, 0.3) is 5.91 Å². The van der Waals surface area contributed by atoms with Gasteiger partial charge < -0.3 is 19.1 Å². The second-order valence-electron chi connectivity index (χ2n) is 9.79. The molecular formula is C28H34N2O4. The molecule has 1 saturated heterocycles. The number of rotatable bonds is 8. The van der Waals surface area contributed by atoms with Crippen LogP contribution in [0.25, 0.3) is 0 Å². The Morgan fingerprint density at radius 1 is 1.09 bits per heavy atom. The van der Waals surface area contributed by atoms with E-state index in [1.165, 1.54) is 37.7 Å². The second-order valence-corrected chi connectivity index (χ2v) is 9.79. The van der Waals surface area contributed by atoms with Crippen molar-refractivity contribution in [2.45, 2.75) is 51.4 Å². The van der Waals surface area contributed by atoms with Gasteiger partial charge in [-0.05, 0) is 67.4 Å². The van der Waals surface area contributed by atoms with Gasteiger partial charge in [0.1, 0.15) is 18.1 Å². The number of ether oxygens (including phenoxy) is 3. The fourth-order valence-corrected chi connectivity index (χ4v) is 5.60. The van der Waals surface area contributed by atoms with E-state index in [9.17, 15) is 4.79 Å². The quantitative estimate of drug-likeness (QED) is 0.493. The number of hydrogen-bond acceptors (Lipinski definition) is 5. The summed E-state index contributed by atoms with van der Waals surface area (Å²) in [4.78, 5) is 18.8. The Morgan fingerprint density at radius 3 is 2.68 bits per heavy atom. The Labute approximate surface area is 201 Å². The molecule has 1 aromatic carbocycles. The second kappa shape index (κ2) is 9.69. The zero-order valence-electron chi connectivity index (χ0n) is 20.2. The summed E-state index contributed by atoms with van der Waals surface area (Å²) >= 11 is 0. The van der Waals surface area contributed by atoms with E-state index in [0.717, 1.165) is 23.5 Å². The Bertz CT molecular complexity index is 1070. The number of methoxy groups -OCH3 is 1. The lowest BCUT2D eigenvalue weighted by Crippen LogP contribution is -2.48. The zero-order chi connectivity index (χ0) is 23.5. The number of hydrogen-bond donors (Lipinski definition) is 0. The van der Waals surface area contributed by atoms with E-state index in [1.807, 2.05) is 17.9 Å². The molecule has 180 valence electrons. The SMILES string of the molecule is CCOc1ccnc(C(=O)N2CC(c3ccc(OCC4=CC5(CCCC5)CC4)c(OC)c3)C2)c1. The molecule has 0 atom stereocenters.